The van der Waals surface area contributed by atoms with Crippen LogP contribution in [0.4, 0.5) is 9.18 Å². The molecule has 0 unspecified atom stereocenters. The van der Waals surface area contributed by atoms with Crippen LogP contribution in [0.25, 0.3) is 0 Å². The van der Waals surface area contributed by atoms with E-state index >= 15 is 0 Å². The molecule has 2 amide bonds. The lowest BCUT2D eigenvalue weighted by Gasteiger charge is -2.39. The number of carboxylic acids is 1. The second kappa shape index (κ2) is 7.31. The minimum Gasteiger partial charge on any atom is -0.480 e. The number of benzene rings is 1. The number of carboxylic acid groups (broad SMARTS) is 1. The summed E-state index contributed by atoms with van der Waals surface area (Å²) in [6.07, 6.45) is -0.822. The van der Waals surface area contributed by atoms with E-state index in [2.05, 4.69) is 5.32 Å². The summed E-state index contributed by atoms with van der Waals surface area (Å²) in [5, 5.41) is 12.0. The number of rotatable bonds is 3. The van der Waals surface area contributed by atoms with Crippen LogP contribution in [0.2, 0.25) is 0 Å². The van der Waals surface area contributed by atoms with Gasteiger partial charge in [-0.15, -0.1) is 0 Å². The number of nitrogens with one attached hydrogen (secondary N) is 1. The third-order valence-corrected chi connectivity index (χ3v) is 4.16. The maximum Gasteiger partial charge on any atom is 0.408 e. The molecule has 1 aromatic carbocycles. The zero-order valence-corrected chi connectivity index (χ0v) is 15.0. The third-order valence-electron chi connectivity index (χ3n) is 4.16. The van der Waals surface area contributed by atoms with E-state index in [0.29, 0.717) is 0 Å². The van der Waals surface area contributed by atoms with Crippen molar-refractivity contribution in [2.24, 2.45) is 0 Å². The van der Waals surface area contributed by atoms with Crippen molar-refractivity contribution in [2.75, 3.05) is 13.1 Å². The molecular formula is C18H23FN2O5. The average molecular weight is 366 g/mol. The Bertz CT molecular complexity index is 706. The first-order chi connectivity index (χ1) is 12.0. The quantitative estimate of drug-likeness (QED) is 0.856. The van der Waals surface area contributed by atoms with Gasteiger partial charge in [-0.25, -0.2) is 14.0 Å². The molecule has 2 rings (SSSR count). The monoisotopic (exact) mass is 366 g/mol. The number of hydrogen-bond donors (Lipinski definition) is 2. The van der Waals surface area contributed by atoms with Gasteiger partial charge in [-0.05, 0) is 45.7 Å². The van der Waals surface area contributed by atoms with Crippen molar-refractivity contribution in [3.05, 3.63) is 35.6 Å². The van der Waals surface area contributed by atoms with E-state index in [1.807, 2.05) is 0 Å². The number of aliphatic carboxylic acids is 1. The first-order valence-electron chi connectivity index (χ1n) is 8.32. The Hall–Kier alpha value is -2.64. The molecule has 0 spiro atoms. The largest absolute Gasteiger partial charge is 0.480 e. The maximum atomic E-state index is 13.8. The minimum atomic E-state index is -1.52. The van der Waals surface area contributed by atoms with Crippen LogP contribution in [0, 0.1) is 5.82 Å². The molecule has 142 valence electrons. The normalized spacial score (nSPS) is 16.7. The molecule has 0 saturated carbocycles. The summed E-state index contributed by atoms with van der Waals surface area (Å²) >= 11 is 0. The molecule has 0 bridgehead atoms. The first-order valence-corrected chi connectivity index (χ1v) is 8.32. The van der Waals surface area contributed by atoms with Crippen molar-refractivity contribution in [1.82, 2.24) is 10.2 Å². The Balaban J connectivity index is 2.07. The zero-order chi connectivity index (χ0) is 19.5. The van der Waals surface area contributed by atoms with Crippen LogP contribution < -0.4 is 5.32 Å². The summed E-state index contributed by atoms with van der Waals surface area (Å²) in [4.78, 5) is 37.6. The number of hydrogen-bond acceptors (Lipinski definition) is 4. The van der Waals surface area contributed by atoms with E-state index in [1.54, 1.807) is 26.8 Å². The van der Waals surface area contributed by atoms with E-state index in [4.69, 9.17) is 4.74 Å². The van der Waals surface area contributed by atoms with Gasteiger partial charge in [0.2, 0.25) is 0 Å². The molecule has 0 radical (unpaired) electrons. The van der Waals surface area contributed by atoms with Crippen LogP contribution in [0.3, 0.4) is 0 Å². The van der Waals surface area contributed by atoms with Gasteiger partial charge in [-0.2, -0.15) is 0 Å². The number of likely N-dealkylation sites (tertiary alicyclic amines) is 1. The van der Waals surface area contributed by atoms with Gasteiger partial charge in [0.1, 0.15) is 17.0 Å². The number of carbonyl (C=O) groups excluding carboxylic acids is 2. The Morgan fingerprint density at radius 3 is 2.27 bits per heavy atom. The molecule has 26 heavy (non-hydrogen) atoms. The Kier molecular flexibility index (Phi) is 5.53. The summed E-state index contributed by atoms with van der Waals surface area (Å²) < 4.78 is 18.9. The van der Waals surface area contributed by atoms with Gasteiger partial charge in [0, 0.05) is 13.1 Å². The highest BCUT2D eigenvalue weighted by Gasteiger charge is 2.44. The van der Waals surface area contributed by atoms with Crippen molar-refractivity contribution in [3.8, 4) is 0 Å². The van der Waals surface area contributed by atoms with E-state index in [1.165, 1.54) is 23.1 Å². The van der Waals surface area contributed by atoms with E-state index in [9.17, 15) is 23.9 Å². The second-order valence-corrected chi connectivity index (χ2v) is 7.29. The fraction of sp³-hybridized carbons (Fsp3) is 0.500. The Morgan fingerprint density at radius 1 is 1.19 bits per heavy atom. The highest BCUT2D eigenvalue weighted by Crippen LogP contribution is 2.25. The maximum absolute atomic E-state index is 13.8. The molecule has 0 atom stereocenters. The molecule has 1 saturated heterocycles. The van der Waals surface area contributed by atoms with Gasteiger partial charge in [-0.1, -0.05) is 12.1 Å². The molecular weight excluding hydrogens is 343 g/mol. The summed E-state index contributed by atoms with van der Waals surface area (Å²) in [6.45, 7) is 5.19. The van der Waals surface area contributed by atoms with Crippen molar-refractivity contribution < 1.29 is 28.6 Å². The number of halogens is 1. The average Bonchev–Trinajstić information content (AvgIpc) is 2.53. The van der Waals surface area contributed by atoms with Crippen LogP contribution in [-0.4, -0.2) is 52.2 Å². The molecule has 0 aliphatic carbocycles. The van der Waals surface area contributed by atoms with Crippen molar-refractivity contribution >= 4 is 18.0 Å². The molecule has 2 N–H and O–H groups in total. The van der Waals surface area contributed by atoms with E-state index < -0.39 is 34.9 Å². The fourth-order valence-corrected chi connectivity index (χ4v) is 2.79. The predicted octanol–water partition coefficient (Wildman–Crippen LogP) is 2.41. The smallest absolute Gasteiger partial charge is 0.408 e. The topological polar surface area (TPSA) is 95.9 Å². The highest BCUT2D eigenvalue weighted by molar-refractivity contribution is 5.95. The van der Waals surface area contributed by atoms with Crippen molar-refractivity contribution in [2.45, 2.75) is 44.8 Å². The molecule has 1 aromatic rings. The molecule has 8 heteroatoms. The second-order valence-electron chi connectivity index (χ2n) is 7.29. The highest BCUT2D eigenvalue weighted by atomic mass is 19.1. The van der Waals surface area contributed by atoms with Crippen molar-refractivity contribution in [1.29, 1.82) is 0 Å². The lowest BCUT2D eigenvalue weighted by atomic mass is 9.87. The molecule has 1 heterocycles. The molecule has 0 aromatic heterocycles. The summed E-state index contributed by atoms with van der Waals surface area (Å²) in [5.74, 6) is -2.32. The predicted molar refractivity (Wildman–Crippen MR) is 91.3 cm³/mol. The van der Waals surface area contributed by atoms with Gasteiger partial charge < -0.3 is 20.1 Å². The Morgan fingerprint density at radius 2 is 1.77 bits per heavy atom. The number of ether oxygens (including phenoxy) is 1. The number of nitrogens with zero attached hydrogens (tertiary/aromatic N) is 1. The van der Waals surface area contributed by atoms with Crippen LogP contribution in [-0.2, 0) is 9.53 Å². The number of alkyl carbamates (subject to hydrolysis) is 1. The fourth-order valence-electron chi connectivity index (χ4n) is 2.79. The third kappa shape index (κ3) is 4.50. The first kappa shape index (κ1) is 19.7. The lowest BCUT2D eigenvalue weighted by Crippen LogP contribution is -2.61. The summed E-state index contributed by atoms with van der Waals surface area (Å²) in [6, 6.07) is 5.63. The number of amides is 2. The zero-order valence-electron chi connectivity index (χ0n) is 15.0. The number of carbonyl (C=O) groups is 3. The van der Waals surface area contributed by atoms with Crippen LogP contribution >= 0.6 is 0 Å². The van der Waals surface area contributed by atoms with Crippen molar-refractivity contribution in [3.63, 3.8) is 0 Å². The standard InChI is InChI=1S/C18H23FN2O5/c1-17(2,3)26-16(25)20-18(15(23)24)8-10-21(11-9-18)14(22)12-6-4-5-7-13(12)19/h4-7H,8-11H2,1-3H3,(H,20,25)(H,23,24). The molecule has 1 aliphatic rings. The minimum absolute atomic E-state index is 0.00175. The van der Waals surface area contributed by atoms with E-state index in [0.717, 1.165) is 0 Å². The van der Waals surface area contributed by atoms with Gasteiger partial charge >= 0.3 is 12.1 Å². The summed E-state index contributed by atoms with van der Waals surface area (Å²) in [5.41, 5.74) is -2.34. The SMILES string of the molecule is CC(C)(C)OC(=O)NC1(C(=O)O)CCN(C(=O)c2ccccc2F)CC1. The summed E-state index contributed by atoms with van der Waals surface area (Å²) in [7, 11) is 0. The van der Waals surface area contributed by atoms with Gasteiger partial charge in [-0.3, -0.25) is 4.79 Å². The van der Waals surface area contributed by atoms with E-state index in [-0.39, 0.29) is 31.5 Å². The van der Waals surface area contributed by atoms with Gasteiger partial charge in [0.15, 0.2) is 0 Å². The van der Waals surface area contributed by atoms with Gasteiger partial charge in [0.25, 0.3) is 5.91 Å². The van der Waals surface area contributed by atoms with Crippen LogP contribution in [0.5, 0.6) is 0 Å². The van der Waals surface area contributed by atoms with Crippen LogP contribution in [0.15, 0.2) is 24.3 Å². The van der Waals surface area contributed by atoms with Crippen LogP contribution in [0.1, 0.15) is 44.0 Å². The Labute approximate surface area is 151 Å². The van der Waals surface area contributed by atoms with Gasteiger partial charge in [0.05, 0.1) is 5.56 Å². The molecule has 1 fully saturated rings. The number of piperidine rings is 1. The lowest BCUT2D eigenvalue weighted by molar-refractivity contribution is -0.146. The molecule has 1 aliphatic heterocycles. The molecule has 7 nitrogen and oxygen atoms in total.